The molecule has 2 heterocycles. The van der Waals surface area contributed by atoms with Gasteiger partial charge in [-0.1, -0.05) is 19.1 Å². The second-order valence-corrected chi connectivity index (χ2v) is 6.66. The summed E-state index contributed by atoms with van der Waals surface area (Å²) in [6.07, 6.45) is 0.526. The molecular formula is C19H26N4O4. The van der Waals surface area contributed by atoms with Gasteiger partial charge in [0.2, 0.25) is 5.95 Å². The Kier molecular flexibility index (Phi) is 6.10. The monoisotopic (exact) mass is 374 g/mol. The predicted octanol–water partition coefficient (Wildman–Crippen LogP) is 1.23. The van der Waals surface area contributed by atoms with E-state index in [4.69, 9.17) is 4.74 Å². The summed E-state index contributed by atoms with van der Waals surface area (Å²) in [6, 6.07) is 8.62. The molecule has 1 aliphatic rings. The van der Waals surface area contributed by atoms with Gasteiger partial charge in [0.15, 0.2) is 0 Å². The molecule has 0 bridgehead atoms. The Hall–Kier alpha value is -2.42. The standard InChI is InChI=1S/C19H26N4O4/c1-2-19(12-24,13-25)22-17-11-16(14-4-3-5-15(26)10-14)20-18(21-17)23-6-8-27-9-7-23/h3-5,10-11,24-26H,2,6-9,12-13H2,1H3,(H,20,21,22). The fraction of sp³-hybridized carbons (Fsp3) is 0.474. The molecule has 0 saturated carbocycles. The number of phenols is 1. The molecule has 8 heteroatoms. The molecule has 0 spiro atoms. The van der Waals surface area contributed by atoms with Crippen molar-refractivity contribution in [2.24, 2.45) is 0 Å². The van der Waals surface area contributed by atoms with Crippen LogP contribution in [0.25, 0.3) is 11.3 Å². The number of aromatic hydroxyl groups is 1. The first-order valence-corrected chi connectivity index (χ1v) is 9.10. The second kappa shape index (κ2) is 8.51. The number of hydrogen-bond donors (Lipinski definition) is 4. The van der Waals surface area contributed by atoms with E-state index in [1.165, 1.54) is 0 Å². The number of hydrogen-bond acceptors (Lipinski definition) is 8. The van der Waals surface area contributed by atoms with Crippen molar-refractivity contribution in [2.45, 2.75) is 18.9 Å². The third kappa shape index (κ3) is 4.47. The highest BCUT2D eigenvalue weighted by Gasteiger charge is 2.27. The lowest BCUT2D eigenvalue weighted by molar-refractivity contribution is 0.122. The normalized spacial score (nSPS) is 15.0. The number of aromatic nitrogens is 2. The van der Waals surface area contributed by atoms with E-state index in [0.717, 1.165) is 5.56 Å². The van der Waals surface area contributed by atoms with Gasteiger partial charge in [0.25, 0.3) is 0 Å². The van der Waals surface area contributed by atoms with E-state index in [1.807, 2.05) is 17.9 Å². The summed E-state index contributed by atoms with van der Waals surface area (Å²) in [5, 5.41) is 32.5. The summed E-state index contributed by atoms with van der Waals surface area (Å²) in [6.45, 7) is 4.02. The van der Waals surface area contributed by atoms with Crippen LogP contribution in [0.3, 0.4) is 0 Å². The zero-order valence-electron chi connectivity index (χ0n) is 15.4. The summed E-state index contributed by atoms with van der Waals surface area (Å²) in [4.78, 5) is 11.3. The lowest BCUT2D eigenvalue weighted by atomic mass is 9.98. The molecule has 4 N–H and O–H groups in total. The molecule has 0 radical (unpaired) electrons. The van der Waals surface area contributed by atoms with E-state index in [9.17, 15) is 15.3 Å². The van der Waals surface area contributed by atoms with Crippen LogP contribution in [-0.2, 0) is 4.74 Å². The maximum absolute atomic E-state index is 9.81. The van der Waals surface area contributed by atoms with E-state index in [0.29, 0.717) is 50.2 Å². The van der Waals surface area contributed by atoms with E-state index >= 15 is 0 Å². The minimum absolute atomic E-state index is 0.155. The van der Waals surface area contributed by atoms with Crippen LogP contribution in [-0.4, -0.2) is 70.3 Å². The molecule has 0 amide bonds. The Balaban J connectivity index is 2.02. The van der Waals surface area contributed by atoms with Crippen molar-refractivity contribution in [3.8, 4) is 17.0 Å². The van der Waals surface area contributed by atoms with Crippen molar-refractivity contribution in [1.29, 1.82) is 0 Å². The van der Waals surface area contributed by atoms with Gasteiger partial charge in [0.1, 0.15) is 11.6 Å². The minimum atomic E-state index is -0.868. The molecule has 0 unspecified atom stereocenters. The van der Waals surface area contributed by atoms with Crippen LogP contribution >= 0.6 is 0 Å². The Morgan fingerprint density at radius 1 is 1.15 bits per heavy atom. The Bertz CT molecular complexity index is 753. The zero-order valence-corrected chi connectivity index (χ0v) is 15.4. The van der Waals surface area contributed by atoms with Crippen molar-refractivity contribution in [2.75, 3.05) is 49.7 Å². The maximum atomic E-state index is 9.81. The molecular weight excluding hydrogens is 348 g/mol. The molecule has 1 aromatic carbocycles. The van der Waals surface area contributed by atoms with Gasteiger partial charge >= 0.3 is 0 Å². The lowest BCUT2D eigenvalue weighted by Gasteiger charge is -2.32. The van der Waals surface area contributed by atoms with E-state index in [1.54, 1.807) is 24.3 Å². The summed E-state index contributed by atoms with van der Waals surface area (Å²) >= 11 is 0. The summed E-state index contributed by atoms with van der Waals surface area (Å²) in [7, 11) is 0. The highest BCUT2D eigenvalue weighted by atomic mass is 16.5. The summed E-state index contributed by atoms with van der Waals surface area (Å²) in [5.74, 6) is 1.21. The molecule has 2 aromatic rings. The van der Waals surface area contributed by atoms with Crippen LogP contribution in [0.1, 0.15) is 13.3 Å². The molecule has 0 aliphatic carbocycles. The van der Waals surface area contributed by atoms with Gasteiger partial charge in [-0.05, 0) is 18.6 Å². The van der Waals surface area contributed by atoms with E-state index < -0.39 is 5.54 Å². The first-order chi connectivity index (χ1) is 13.1. The lowest BCUT2D eigenvalue weighted by Crippen LogP contribution is -2.45. The number of aliphatic hydroxyl groups excluding tert-OH is 2. The van der Waals surface area contributed by atoms with Crippen LogP contribution in [0.4, 0.5) is 11.8 Å². The third-order valence-corrected chi connectivity index (χ3v) is 4.83. The van der Waals surface area contributed by atoms with Gasteiger partial charge in [-0.3, -0.25) is 0 Å². The maximum Gasteiger partial charge on any atom is 0.228 e. The molecule has 8 nitrogen and oxygen atoms in total. The van der Waals surface area contributed by atoms with Crippen LogP contribution in [0.5, 0.6) is 5.75 Å². The van der Waals surface area contributed by atoms with Crippen molar-refractivity contribution in [1.82, 2.24) is 9.97 Å². The van der Waals surface area contributed by atoms with E-state index in [2.05, 4.69) is 15.3 Å². The summed E-state index contributed by atoms with van der Waals surface area (Å²) in [5.41, 5.74) is 0.531. The number of phenolic OH excluding ortho intramolecular Hbond substituents is 1. The zero-order chi connectivity index (χ0) is 19.3. The molecule has 1 aromatic heterocycles. The number of aliphatic hydroxyl groups is 2. The van der Waals surface area contributed by atoms with Crippen molar-refractivity contribution in [3.63, 3.8) is 0 Å². The topological polar surface area (TPSA) is 111 Å². The Morgan fingerprint density at radius 3 is 2.52 bits per heavy atom. The highest BCUT2D eigenvalue weighted by Crippen LogP contribution is 2.27. The fourth-order valence-corrected chi connectivity index (χ4v) is 2.93. The first kappa shape index (κ1) is 19.3. The minimum Gasteiger partial charge on any atom is -0.508 e. The van der Waals surface area contributed by atoms with Gasteiger partial charge in [-0.2, -0.15) is 4.98 Å². The van der Waals surface area contributed by atoms with Crippen LogP contribution < -0.4 is 10.2 Å². The van der Waals surface area contributed by atoms with Crippen LogP contribution in [0, 0.1) is 0 Å². The molecule has 1 saturated heterocycles. The number of benzene rings is 1. The molecule has 0 atom stereocenters. The van der Waals surface area contributed by atoms with Crippen molar-refractivity contribution >= 4 is 11.8 Å². The SMILES string of the molecule is CCC(CO)(CO)Nc1cc(-c2cccc(O)c2)nc(N2CCOCC2)n1. The summed E-state index contributed by atoms with van der Waals surface area (Å²) < 4.78 is 5.40. The number of ether oxygens (including phenoxy) is 1. The molecule has 27 heavy (non-hydrogen) atoms. The van der Waals surface area contributed by atoms with Crippen molar-refractivity contribution < 1.29 is 20.1 Å². The smallest absolute Gasteiger partial charge is 0.228 e. The highest BCUT2D eigenvalue weighted by molar-refractivity contribution is 5.66. The average molecular weight is 374 g/mol. The fourth-order valence-electron chi connectivity index (χ4n) is 2.93. The average Bonchev–Trinajstić information content (AvgIpc) is 2.72. The Morgan fingerprint density at radius 2 is 1.89 bits per heavy atom. The van der Waals surface area contributed by atoms with Gasteiger partial charge < -0.3 is 30.3 Å². The van der Waals surface area contributed by atoms with Crippen LogP contribution in [0.15, 0.2) is 30.3 Å². The van der Waals surface area contributed by atoms with Gasteiger partial charge in [-0.15, -0.1) is 0 Å². The Labute approximate surface area is 158 Å². The largest absolute Gasteiger partial charge is 0.508 e. The molecule has 3 rings (SSSR count). The number of morpholine rings is 1. The van der Waals surface area contributed by atoms with Gasteiger partial charge in [0, 0.05) is 24.7 Å². The van der Waals surface area contributed by atoms with Gasteiger partial charge in [0.05, 0.1) is 37.7 Å². The first-order valence-electron chi connectivity index (χ1n) is 9.10. The third-order valence-electron chi connectivity index (χ3n) is 4.83. The van der Waals surface area contributed by atoms with Crippen LogP contribution in [0.2, 0.25) is 0 Å². The second-order valence-electron chi connectivity index (χ2n) is 6.66. The number of rotatable bonds is 7. The van der Waals surface area contributed by atoms with Gasteiger partial charge in [-0.25, -0.2) is 4.98 Å². The number of anilines is 2. The number of nitrogens with one attached hydrogen (secondary N) is 1. The molecule has 1 fully saturated rings. The molecule has 146 valence electrons. The van der Waals surface area contributed by atoms with Crippen molar-refractivity contribution in [3.05, 3.63) is 30.3 Å². The molecule has 1 aliphatic heterocycles. The predicted molar refractivity (Wildman–Crippen MR) is 103 cm³/mol. The van der Waals surface area contributed by atoms with E-state index in [-0.39, 0.29) is 19.0 Å². The number of nitrogens with zero attached hydrogens (tertiary/aromatic N) is 3. The quantitative estimate of drug-likeness (QED) is 0.573.